The largest absolute Gasteiger partial charge is 0.481 e. The van der Waals surface area contributed by atoms with E-state index < -0.39 is 11.9 Å². The van der Waals surface area contributed by atoms with E-state index in [1.54, 1.807) is 6.20 Å². The van der Waals surface area contributed by atoms with E-state index in [2.05, 4.69) is 30.5 Å². The number of carbonyl (C=O) groups is 1. The maximum absolute atomic E-state index is 12.2. The summed E-state index contributed by atoms with van der Waals surface area (Å²) in [5.41, 5.74) is 1.93. The van der Waals surface area contributed by atoms with Crippen LogP contribution in [0.2, 0.25) is 5.15 Å². The second-order valence-electron chi connectivity index (χ2n) is 9.47. The molecule has 11 heteroatoms. The lowest BCUT2D eigenvalue weighted by Crippen LogP contribution is -2.51. The summed E-state index contributed by atoms with van der Waals surface area (Å²) < 4.78 is 0. The number of fused-ring (bicyclic) bond motifs is 4. The molecule has 0 radical (unpaired) electrons. The Balaban J connectivity index is 1.41. The highest BCUT2D eigenvalue weighted by Crippen LogP contribution is 2.46. The number of carboxylic acid groups (broad SMARTS) is 1. The molecule has 0 aromatic carbocycles. The number of nitrogens with zero attached hydrogens (tertiary/aromatic N) is 5. The van der Waals surface area contributed by atoms with Gasteiger partial charge in [-0.25, -0.2) is 19.9 Å². The number of aliphatic carboxylic acids is 1. The molecule has 4 heterocycles. The molecule has 3 aliphatic carbocycles. The minimum atomic E-state index is -0.718. The molecule has 3 saturated carbocycles. The Morgan fingerprint density at radius 1 is 1.12 bits per heavy atom. The molecule has 0 amide bonds. The van der Waals surface area contributed by atoms with E-state index in [0.29, 0.717) is 39.4 Å². The van der Waals surface area contributed by atoms with Gasteiger partial charge in [0.2, 0.25) is 0 Å². The van der Waals surface area contributed by atoms with Crippen LogP contribution < -0.4 is 15.5 Å². The normalized spacial score (nSPS) is 26.7. The number of anilines is 2. The molecule has 2 bridgehead atoms. The predicted molar refractivity (Wildman–Crippen MR) is 129 cm³/mol. The van der Waals surface area contributed by atoms with Crippen molar-refractivity contribution in [2.45, 2.75) is 31.7 Å². The van der Waals surface area contributed by atoms with Crippen molar-refractivity contribution in [3.63, 3.8) is 0 Å². The fourth-order valence-electron chi connectivity index (χ4n) is 5.91. The monoisotopic (exact) mass is 482 g/mol. The van der Waals surface area contributed by atoms with Crippen molar-refractivity contribution >= 4 is 40.4 Å². The Labute approximate surface area is 201 Å². The first-order valence-corrected chi connectivity index (χ1v) is 12.3. The van der Waals surface area contributed by atoms with Gasteiger partial charge in [0.25, 0.3) is 0 Å². The number of aromatic nitrogens is 5. The third kappa shape index (κ3) is 3.84. The molecule has 1 aliphatic heterocycles. The molecule has 4 N–H and O–H groups in total. The Morgan fingerprint density at radius 3 is 2.65 bits per heavy atom. The minimum absolute atomic E-state index is 0.138. The first kappa shape index (κ1) is 21.5. The van der Waals surface area contributed by atoms with Crippen LogP contribution in [-0.2, 0) is 4.79 Å². The fourth-order valence-corrected chi connectivity index (χ4v) is 6.04. The molecule has 1 saturated heterocycles. The predicted octanol–water partition coefficient (Wildman–Crippen LogP) is 2.78. The average molecular weight is 483 g/mol. The van der Waals surface area contributed by atoms with Crippen molar-refractivity contribution in [2.24, 2.45) is 17.8 Å². The van der Waals surface area contributed by atoms with Gasteiger partial charge in [0.15, 0.2) is 11.5 Å². The van der Waals surface area contributed by atoms with Crippen LogP contribution in [0, 0.1) is 17.8 Å². The topological polar surface area (TPSA) is 132 Å². The molecule has 4 fully saturated rings. The summed E-state index contributed by atoms with van der Waals surface area (Å²) in [7, 11) is 0. The minimum Gasteiger partial charge on any atom is -0.481 e. The number of aromatic amines is 1. The van der Waals surface area contributed by atoms with Crippen LogP contribution in [0.25, 0.3) is 22.6 Å². The maximum Gasteiger partial charge on any atom is 0.308 e. The van der Waals surface area contributed by atoms with Crippen molar-refractivity contribution in [3.8, 4) is 11.4 Å². The van der Waals surface area contributed by atoms with Crippen LogP contribution in [0.5, 0.6) is 0 Å². The molecule has 0 unspecified atom stereocenters. The quantitative estimate of drug-likeness (QED) is 0.433. The molecule has 0 spiro atoms. The smallest absolute Gasteiger partial charge is 0.308 e. The van der Waals surface area contributed by atoms with Crippen LogP contribution in [0.1, 0.15) is 25.7 Å². The number of hydrogen-bond acceptors (Lipinski definition) is 8. The zero-order chi connectivity index (χ0) is 23.2. The maximum atomic E-state index is 12.2. The van der Waals surface area contributed by atoms with Gasteiger partial charge in [-0.1, -0.05) is 11.6 Å². The van der Waals surface area contributed by atoms with Gasteiger partial charge in [0.1, 0.15) is 22.3 Å². The van der Waals surface area contributed by atoms with Crippen LogP contribution in [-0.4, -0.2) is 68.2 Å². The van der Waals surface area contributed by atoms with Crippen molar-refractivity contribution in [3.05, 3.63) is 23.6 Å². The van der Waals surface area contributed by atoms with E-state index in [0.717, 1.165) is 57.7 Å². The van der Waals surface area contributed by atoms with Gasteiger partial charge in [0, 0.05) is 44.5 Å². The van der Waals surface area contributed by atoms with Crippen molar-refractivity contribution < 1.29 is 9.90 Å². The summed E-state index contributed by atoms with van der Waals surface area (Å²) in [5, 5.41) is 17.2. The summed E-state index contributed by atoms with van der Waals surface area (Å²) in [6.45, 7) is 3.43. The standard InChI is InChI=1S/C23H27ClN8O2/c24-15-11-27-22-20(28-15)14(10-26-22)21-30-16(9-17(31-21)32-7-5-25-6-8-32)29-19-13-3-1-12(2-4-13)18(19)23(33)34/h9-13,18-19,25H,1-8H2,(H,26,27)(H,33,34)(H,29,30,31)/t12?,13?,18-,19-/m0/s1. The summed E-state index contributed by atoms with van der Waals surface area (Å²) >= 11 is 6.12. The molecule has 34 heavy (non-hydrogen) atoms. The van der Waals surface area contributed by atoms with Crippen molar-refractivity contribution in [1.82, 2.24) is 30.2 Å². The zero-order valence-corrected chi connectivity index (χ0v) is 19.4. The third-order valence-corrected chi connectivity index (χ3v) is 7.75. The van der Waals surface area contributed by atoms with Gasteiger partial charge in [-0.05, 0) is 37.5 Å². The molecule has 3 aromatic heterocycles. The molecule has 2 atom stereocenters. The van der Waals surface area contributed by atoms with Crippen LogP contribution in [0.3, 0.4) is 0 Å². The summed E-state index contributed by atoms with van der Waals surface area (Å²) in [5.74, 6) is 1.41. The SMILES string of the molecule is O=C(O)[C@H]1C2CCC(CC2)[C@@H]1Nc1cc(N2CCNCC2)nc(-c2c[nH]c3ncc(Cl)nc23)n1. The Kier molecular flexibility index (Phi) is 5.49. The van der Waals surface area contributed by atoms with E-state index in [9.17, 15) is 9.90 Å². The summed E-state index contributed by atoms with van der Waals surface area (Å²) in [6, 6.07) is 1.81. The van der Waals surface area contributed by atoms with Gasteiger partial charge in [-0.15, -0.1) is 0 Å². The second kappa shape index (κ2) is 8.66. The highest BCUT2D eigenvalue weighted by atomic mass is 35.5. The Bertz CT molecular complexity index is 1220. The summed E-state index contributed by atoms with van der Waals surface area (Å²) in [4.78, 5) is 36.0. The first-order valence-electron chi connectivity index (χ1n) is 11.9. The third-order valence-electron chi connectivity index (χ3n) is 7.56. The van der Waals surface area contributed by atoms with E-state index in [1.807, 2.05) is 6.07 Å². The second-order valence-corrected chi connectivity index (χ2v) is 9.86. The Morgan fingerprint density at radius 2 is 1.88 bits per heavy atom. The number of rotatable bonds is 5. The van der Waals surface area contributed by atoms with E-state index >= 15 is 0 Å². The number of piperazine rings is 1. The lowest BCUT2D eigenvalue weighted by molar-refractivity contribution is -0.148. The number of nitrogens with one attached hydrogen (secondary N) is 3. The van der Waals surface area contributed by atoms with Gasteiger partial charge < -0.3 is 25.6 Å². The highest BCUT2D eigenvalue weighted by molar-refractivity contribution is 6.29. The van der Waals surface area contributed by atoms with Crippen molar-refractivity contribution in [2.75, 3.05) is 36.4 Å². The van der Waals surface area contributed by atoms with Gasteiger partial charge in [0.05, 0.1) is 17.7 Å². The lowest BCUT2D eigenvalue weighted by atomic mass is 9.61. The summed E-state index contributed by atoms with van der Waals surface area (Å²) in [6.07, 6.45) is 7.41. The molecular formula is C23H27ClN8O2. The molecular weight excluding hydrogens is 456 g/mol. The number of hydrogen-bond donors (Lipinski definition) is 4. The fraction of sp³-hybridized carbons (Fsp3) is 0.522. The van der Waals surface area contributed by atoms with Crippen molar-refractivity contribution in [1.29, 1.82) is 0 Å². The molecule has 3 aromatic rings. The van der Waals surface area contributed by atoms with Gasteiger partial charge in [-0.3, -0.25) is 4.79 Å². The zero-order valence-electron chi connectivity index (χ0n) is 18.7. The number of H-pyrrole nitrogens is 1. The molecule has 4 aliphatic rings. The van der Waals surface area contributed by atoms with E-state index in [-0.39, 0.29) is 12.0 Å². The average Bonchev–Trinajstić information content (AvgIpc) is 3.28. The Hall–Kier alpha value is -2.98. The number of carboxylic acids is 1. The van der Waals surface area contributed by atoms with Crippen LogP contribution >= 0.6 is 11.6 Å². The van der Waals surface area contributed by atoms with Crippen LogP contribution in [0.15, 0.2) is 18.5 Å². The first-order chi connectivity index (χ1) is 16.6. The molecule has 178 valence electrons. The van der Waals surface area contributed by atoms with E-state index in [4.69, 9.17) is 21.6 Å². The van der Waals surface area contributed by atoms with Gasteiger partial charge in [-0.2, -0.15) is 0 Å². The molecule has 10 nitrogen and oxygen atoms in total. The van der Waals surface area contributed by atoms with Crippen LogP contribution in [0.4, 0.5) is 11.6 Å². The van der Waals surface area contributed by atoms with Gasteiger partial charge >= 0.3 is 5.97 Å². The molecule has 7 rings (SSSR count). The number of halogens is 1. The highest BCUT2D eigenvalue weighted by Gasteiger charge is 2.47. The lowest BCUT2D eigenvalue weighted by Gasteiger charge is -2.47. The van der Waals surface area contributed by atoms with E-state index in [1.165, 1.54) is 6.20 Å².